The molecule has 6 nitrogen and oxygen atoms in total. The molecule has 0 spiro atoms. The molecule has 3 N–H and O–H groups in total. The number of nitrogens with zero attached hydrogens (tertiary/aromatic N) is 2. The summed E-state index contributed by atoms with van der Waals surface area (Å²) in [5.74, 6) is 1.09. The number of hydrogen-bond donors (Lipinski definition) is 2. The van der Waals surface area contributed by atoms with Gasteiger partial charge in [0.1, 0.15) is 12.4 Å². The molecule has 0 saturated heterocycles. The van der Waals surface area contributed by atoms with Crippen LogP contribution in [-0.4, -0.2) is 22.4 Å². The summed E-state index contributed by atoms with van der Waals surface area (Å²) in [5, 5.41) is 12.9. The number of phenols is 1. The number of aromatic hydroxyl groups is 1. The zero-order chi connectivity index (χ0) is 13.0. The van der Waals surface area contributed by atoms with Crippen molar-refractivity contribution in [1.29, 1.82) is 0 Å². The van der Waals surface area contributed by atoms with E-state index in [4.69, 9.17) is 15.0 Å². The van der Waals surface area contributed by atoms with Gasteiger partial charge in [-0.2, -0.15) is 4.98 Å². The maximum absolute atomic E-state index is 9.18. The predicted molar refractivity (Wildman–Crippen MR) is 63.8 cm³/mol. The molecule has 0 fully saturated rings. The number of methoxy groups -OCH3 is 1. The predicted octanol–water partition coefficient (Wildman–Crippen LogP) is 1.16. The standard InChI is InChI=1S/C12H15N3O3/c1-17-7-11-14-12(18-15-11)10(13)6-8-2-4-9(16)5-3-8/h2-5,10,16H,6-7,13H2,1H3/t10-/m1/s1. The van der Waals surface area contributed by atoms with Crippen LogP contribution < -0.4 is 5.73 Å². The molecule has 96 valence electrons. The maximum atomic E-state index is 9.18. The van der Waals surface area contributed by atoms with Gasteiger partial charge in [-0.1, -0.05) is 17.3 Å². The lowest BCUT2D eigenvalue weighted by Crippen LogP contribution is -2.13. The molecule has 1 aromatic heterocycles. The van der Waals surface area contributed by atoms with E-state index < -0.39 is 0 Å². The Labute approximate surface area is 104 Å². The van der Waals surface area contributed by atoms with Crippen molar-refractivity contribution in [3.8, 4) is 5.75 Å². The Morgan fingerprint density at radius 1 is 1.39 bits per heavy atom. The van der Waals surface area contributed by atoms with Crippen molar-refractivity contribution in [1.82, 2.24) is 10.1 Å². The van der Waals surface area contributed by atoms with Crippen LogP contribution in [0.2, 0.25) is 0 Å². The largest absolute Gasteiger partial charge is 0.508 e. The average Bonchev–Trinajstić information content (AvgIpc) is 2.81. The van der Waals surface area contributed by atoms with Crippen LogP contribution in [0.5, 0.6) is 5.75 Å². The van der Waals surface area contributed by atoms with E-state index >= 15 is 0 Å². The molecule has 1 aromatic carbocycles. The Hall–Kier alpha value is -1.92. The maximum Gasteiger partial charge on any atom is 0.243 e. The van der Waals surface area contributed by atoms with E-state index in [1.165, 1.54) is 0 Å². The molecule has 0 radical (unpaired) electrons. The van der Waals surface area contributed by atoms with Gasteiger partial charge in [0, 0.05) is 7.11 Å². The van der Waals surface area contributed by atoms with Crippen molar-refractivity contribution in [2.24, 2.45) is 5.73 Å². The van der Waals surface area contributed by atoms with Crippen LogP contribution in [0.4, 0.5) is 0 Å². The minimum Gasteiger partial charge on any atom is -0.508 e. The van der Waals surface area contributed by atoms with Gasteiger partial charge in [-0.3, -0.25) is 0 Å². The summed E-state index contributed by atoms with van der Waals surface area (Å²) in [5.41, 5.74) is 6.97. The molecule has 2 aromatic rings. The number of phenolic OH excluding ortho intramolecular Hbond substituents is 1. The molecule has 18 heavy (non-hydrogen) atoms. The lowest BCUT2D eigenvalue weighted by molar-refractivity contribution is 0.174. The van der Waals surface area contributed by atoms with Crippen molar-refractivity contribution in [2.75, 3.05) is 7.11 Å². The van der Waals surface area contributed by atoms with Crippen molar-refractivity contribution in [3.05, 3.63) is 41.5 Å². The Morgan fingerprint density at radius 3 is 2.78 bits per heavy atom. The highest BCUT2D eigenvalue weighted by atomic mass is 16.5. The fourth-order valence-corrected chi connectivity index (χ4v) is 1.58. The lowest BCUT2D eigenvalue weighted by atomic mass is 10.1. The first kappa shape index (κ1) is 12.5. The summed E-state index contributed by atoms with van der Waals surface area (Å²) in [4.78, 5) is 4.14. The average molecular weight is 249 g/mol. The quantitative estimate of drug-likeness (QED) is 0.825. The normalized spacial score (nSPS) is 12.6. The second-order valence-corrected chi connectivity index (χ2v) is 3.96. The summed E-state index contributed by atoms with van der Waals surface area (Å²) in [6.45, 7) is 0.301. The minimum atomic E-state index is -0.368. The summed E-state index contributed by atoms with van der Waals surface area (Å²) >= 11 is 0. The van der Waals surface area contributed by atoms with E-state index in [1.807, 2.05) is 12.1 Å². The summed E-state index contributed by atoms with van der Waals surface area (Å²) in [6.07, 6.45) is 0.564. The first-order valence-corrected chi connectivity index (χ1v) is 5.54. The van der Waals surface area contributed by atoms with E-state index in [1.54, 1.807) is 19.2 Å². The molecular formula is C12H15N3O3. The molecule has 0 aliphatic carbocycles. The third-order valence-electron chi connectivity index (χ3n) is 2.47. The summed E-state index contributed by atoms with van der Waals surface area (Å²) in [6, 6.07) is 6.48. The third-order valence-corrected chi connectivity index (χ3v) is 2.47. The van der Waals surface area contributed by atoms with Gasteiger partial charge in [0.05, 0.1) is 6.04 Å². The van der Waals surface area contributed by atoms with Crippen LogP contribution in [0.1, 0.15) is 23.3 Å². The van der Waals surface area contributed by atoms with Crippen molar-refractivity contribution < 1.29 is 14.4 Å². The Kier molecular flexibility index (Phi) is 3.91. The number of ether oxygens (including phenoxy) is 1. The number of nitrogens with two attached hydrogens (primary N) is 1. The topological polar surface area (TPSA) is 94.4 Å². The number of rotatable bonds is 5. The molecule has 1 atom stereocenters. The zero-order valence-corrected chi connectivity index (χ0v) is 10.0. The molecule has 2 rings (SSSR count). The first-order chi connectivity index (χ1) is 8.69. The molecule has 0 aliphatic heterocycles. The number of hydrogen-bond acceptors (Lipinski definition) is 6. The zero-order valence-electron chi connectivity index (χ0n) is 10.0. The van der Waals surface area contributed by atoms with E-state index in [2.05, 4.69) is 10.1 Å². The monoisotopic (exact) mass is 249 g/mol. The van der Waals surface area contributed by atoms with Gasteiger partial charge in [0.25, 0.3) is 0 Å². The van der Waals surface area contributed by atoms with Gasteiger partial charge in [-0.15, -0.1) is 0 Å². The summed E-state index contributed by atoms with van der Waals surface area (Å²) in [7, 11) is 1.56. The lowest BCUT2D eigenvalue weighted by Gasteiger charge is -2.06. The SMILES string of the molecule is COCc1noc([C@H](N)Cc2ccc(O)cc2)n1. The van der Waals surface area contributed by atoms with Crippen LogP contribution in [0.3, 0.4) is 0 Å². The van der Waals surface area contributed by atoms with Gasteiger partial charge in [-0.25, -0.2) is 0 Å². The molecule has 0 unspecified atom stereocenters. The Bertz CT molecular complexity index is 496. The Balaban J connectivity index is 2.02. The highest BCUT2D eigenvalue weighted by Crippen LogP contribution is 2.17. The molecule has 1 heterocycles. The van der Waals surface area contributed by atoms with Crippen molar-refractivity contribution in [3.63, 3.8) is 0 Å². The van der Waals surface area contributed by atoms with Gasteiger partial charge in [0.15, 0.2) is 5.82 Å². The number of aromatic nitrogens is 2. The van der Waals surface area contributed by atoms with Gasteiger partial charge < -0.3 is 20.1 Å². The minimum absolute atomic E-state index is 0.229. The van der Waals surface area contributed by atoms with Crippen LogP contribution in [0.25, 0.3) is 0 Å². The van der Waals surface area contributed by atoms with Crippen LogP contribution >= 0.6 is 0 Å². The van der Waals surface area contributed by atoms with E-state index in [0.717, 1.165) is 5.56 Å². The van der Waals surface area contributed by atoms with Crippen molar-refractivity contribution >= 4 is 0 Å². The fraction of sp³-hybridized carbons (Fsp3) is 0.333. The van der Waals surface area contributed by atoms with Crippen LogP contribution in [0.15, 0.2) is 28.8 Å². The van der Waals surface area contributed by atoms with E-state index in [-0.39, 0.29) is 11.8 Å². The van der Waals surface area contributed by atoms with Crippen LogP contribution in [0, 0.1) is 0 Å². The molecule has 0 amide bonds. The Morgan fingerprint density at radius 2 is 2.11 bits per heavy atom. The van der Waals surface area contributed by atoms with Crippen molar-refractivity contribution in [2.45, 2.75) is 19.1 Å². The van der Waals surface area contributed by atoms with E-state index in [0.29, 0.717) is 24.7 Å². The molecule has 0 bridgehead atoms. The van der Waals surface area contributed by atoms with Crippen LogP contribution in [-0.2, 0) is 17.8 Å². The van der Waals surface area contributed by atoms with E-state index in [9.17, 15) is 5.11 Å². The summed E-state index contributed by atoms with van der Waals surface area (Å²) < 4.78 is 9.96. The second kappa shape index (κ2) is 5.61. The smallest absolute Gasteiger partial charge is 0.243 e. The van der Waals surface area contributed by atoms with Gasteiger partial charge in [-0.05, 0) is 24.1 Å². The van der Waals surface area contributed by atoms with Gasteiger partial charge in [0.2, 0.25) is 5.89 Å². The second-order valence-electron chi connectivity index (χ2n) is 3.96. The molecule has 6 heteroatoms. The highest BCUT2D eigenvalue weighted by Gasteiger charge is 2.15. The first-order valence-electron chi connectivity index (χ1n) is 5.54. The third kappa shape index (κ3) is 3.06. The van der Waals surface area contributed by atoms with Gasteiger partial charge >= 0.3 is 0 Å². The fourth-order valence-electron chi connectivity index (χ4n) is 1.58. The highest BCUT2D eigenvalue weighted by molar-refractivity contribution is 5.26. The molecule has 0 aliphatic rings. The molecular weight excluding hydrogens is 234 g/mol. The molecule has 0 saturated carbocycles. The number of benzene rings is 1.